The maximum absolute atomic E-state index is 13.5. The number of aliphatic hydroxyl groups is 1. The summed E-state index contributed by atoms with van der Waals surface area (Å²) >= 11 is 0. The Labute approximate surface area is 182 Å². The van der Waals surface area contributed by atoms with Gasteiger partial charge in [0.1, 0.15) is 6.07 Å². The van der Waals surface area contributed by atoms with Crippen LogP contribution in [0.5, 0.6) is 0 Å². The summed E-state index contributed by atoms with van der Waals surface area (Å²) in [6, 6.07) is 7.70. The van der Waals surface area contributed by atoms with Crippen LogP contribution in [0.4, 0.5) is 16.2 Å². The van der Waals surface area contributed by atoms with Crippen molar-refractivity contribution in [1.29, 1.82) is 5.26 Å². The average Bonchev–Trinajstić information content (AvgIpc) is 3.09. The lowest BCUT2D eigenvalue weighted by atomic mass is 9.78. The molecule has 1 saturated carbocycles. The van der Waals surface area contributed by atoms with E-state index in [1.165, 1.54) is 7.11 Å². The number of nitrogens with zero attached hydrogens (tertiary/aromatic N) is 3. The van der Waals surface area contributed by atoms with Crippen LogP contribution in [0.1, 0.15) is 50.5 Å². The summed E-state index contributed by atoms with van der Waals surface area (Å²) in [4.78, 5) is 29.2. The van der Waals surface area contributed by atoms with Crippen LogP contribution in [0.25, 0.3) is 0 Å². The van der Waals surface area contributed by atoms with Crippen LogP contribution in [0.3, 0.4) is 0 Å². The van der Waals surface area contributed by atoms with Gasteiger partial charge in [0.05, 0.1) is 29.9 Å². The fourth-order valence-corrected chi connectivity index (χ4v) is 5.43. The van der Waals surface area contributed by atoms with E-state index in [4.69, 9.17) is 0 Å². The largest absolute Gasteiger partial charge is 0.453 e. The van der Waals surface area contributed by atoms with Crippen LogP contribution < -0.4 is 10.2 Å². The molecule has 1 aliphatic carbocycles. The predicted molar refractivity (Wildman–Crippen MR) is 116 cm³/mol. The van der Waals surface area contributed by atoms with Crippen molar-refractivity contribution in [3.8, 4) is 6.07 Å². The minimum absolute atomic E-state index is 0.228. The molecule has 8 nitrogen and oxygen atoms in total. The van der Waals surface area contributed by atoms with Crippen LogP contribution in [-0.4, -0.2) is 60.9 Å². The monoisotopic (exact) mass is 426 g/mol. The minimum atomic E-state index is -0.583. The van der Waals surface area contributed by atoms with Crippen molar-refractivity contribution in [2.75, 3.05) is 37.0 Å². The SMILES string of the molecule is COC(=O)Nc1ccc(N2CCC[C@@]3(CCN(C4CCC(O)CC4)C3=O)C2)c(C#N)c1. The second kappa shape index (κ2) is 8.75. The van der Waals surface area contributed by atoms with Crippen molar-refractivity contribution >= 4 is 23.4 Å². The van der Waals surface area contributed by atoms with Crippen LogP contribution in [0.2, 0.25) is 0 Å². The van der Waals surface area contributed by atoms with Crippen molar-refractivity contribution in [2.24, 2.45) is 5.41 Å². The Morgan fingerprint density at radius 1 is 1.26 bits per heavy atom. The molecule has 0 radical (unpaired) electrons. The third-order valence-corrected chi connectivity index (χ3v) is 7.12. The van der Waals surface area contributed by atoms with Gasteiger partial charge in [-0.25, -0.2) is 4.79 Å². The molecule has 1 atom stereocenters. The molecule has 8 heteroatoms. The molecular weight excluding hydrogens is 396 g/mol. The molecule has 0 bridgehead atoms. The number of amides is 2. The number of benzene rings is 1. The Kier molecular flexibility index (Phi) is 6.05. The third kappa shape index (κ3) is 4.19. The summed E-state index contributed by atoms with van der Waals surface area (Å²) in [7, 11) is 1.29. The molecule has 2 saturated heterocycles. The Hall–Kier alpha value is -2.79. The topological polar surface area (TPSA) is 106 Å². The zero-order valence-electron chi connectivity index (χ0n) is 18.0. The molecule has 1 spiro atoms. The highest BCUT2D eigenvalue weighted by molar-refractivity contribution is 5.87. The van der Waals surface area contributed by atoms with Gasteiger partial charge >= 0.3 is 6.09 Å². The maximum Gasteiger partial charge on any atom is 0.411 e. The number of hydrogen-bond donors (Lipinski definition) is 2. The summed E-state index contributed by atoms with van der Waals surface area (Å²) in [5.41, 5.74) is 1.37. The number of nitrogens with one attached hydrogen (secondary N) is 1. The van der Waals surface area contributed by atoms with Gasteiger partial charge in [0.25, 0.3) is 0 Å². The zero-order valence-corrected chi connectivity index (χ0v) is 18.0. The maximum atomic E-state index is 13.5. The molecular formula is C23H30N4O4. The Morgan fingerprint density at radius 2 is 2.03 bits per heavy atom. The molecule has 0 unspecified atom stereocenters. The van der Waals surface area contributed by atoms with Crippen LogP contribution >= 0.6 is 0 Å². The lowest BCUT2D eigenvalue weighted by Crippen LogP contribution is -2.50. The molecule has 2 amide bonds. The van der Waals surface area contributed by atoms with Crippen LogP contribution in [0.15, 0.2) is 18.2 Å². The first-order valence-electron chi connectivity index (χ1n) is 11.1. The predicted octanol–water partition coefficient (Wildman–Crippen LogP) is 2.86. The molecule has 1 aromatic carbocycles. The van der Waals surface area contributed by atoms with Gasteiger partial charge in [-0.05, 0) is 63.1 Å². The third-order valence-electron chi connectivity index (χ3n) is 7.12. The van der Waals surface area contributed by atoms with E-state index >= 15 is 0 Å². The van der Waals surface area contributed by atoms with Crippen molar-refractivity contribution in [3.05, 3.63) is 23.8 Å². The fourth-order valence-electron chi connectivity index (χ4n) is 5.43. The Bertz CT molecular complexity index is 890. The highest BCUT2D eigenvalue weighted by Crippen LogP contribution is 2.44. The zero-order chi connectivity index (χ0) is 22.0. The smallest absolute Gasteiger partial charge is 0.411 e. The minimum Gasteiger partial charge on any atom is -0.453 e. The summed E-state index contributed by atoms with van der Waals surface area (Å²) in [6.07, 6.45) is 5.09. The molecule has 2 heterocycles. The van der Waals surface area contributed by atoms with Gasteiger partial charge in [-0.1, -0.05) is 0 Å². The summed E-state index contributed by atoms with van der Waals surface area (Å²) in [5.74, 6) is 0.237. The summed E-state index contributed by atoms with van der Waals surface area (Å²) in [5, 5.41) is 22.1. The van der Waals surface area contributed by atoms with E-state index in [1.807, 2.05) is 6.07 Å². The van der Waals surface area contributed by atoms with Crippen molar-refractivity contribution in [1.82, 2.24) is 4.90 Å². The van der Waals surface area contributed by atoms with Gasteiger partial charge in [0, 0.05) is 31.4 Å². The quantitative estimate of drug-likeness (QED) is 0.770. The average molecular weight is 427 g/mol. The highest BCUT2D eigenvalue weighted by Gasteiger charge is 2.50. The number of ether oxygens (including phenoxy) is 1. The molecule has 4 rings (SSSR count). The summed E-state index contributed by atoms with van der Waals surface area (Å²) in [6.45, 7) is 2.18. The second-order valence-corrected chi connectivity index (χ2v) is 8.98. The van der Waals surface area contributed by atoms with Gasteiger partial charge < -0.3 is 19.6 Å². The molecule has 3 aliphatic rings. The number of carbonyl (C=O) groups excluding carboxylic acids is 2. The van der Waals surface area contributed by atoms with Crippen LogP contribution in [-0.2, 0) is 9.53 Å². The molecule has 2 N–H and O–H groups in total. The van der Waals surface area contributed by atoms with E-state index in [-0.39, 0.29) is 18.1 Å². The molecule has 31 heavy (non-hydrogen) atoms. The first kappa shape index (κ1) is 21.4. The normalized spacial score (nSPS) is 28.5. The Morgan fingerprint density at radius 3 is 2.74 bits per heavy atom. The first-order chi connectivity index (χ1) is 15.0. The lowest BCUT2D eigenvalue weighted by Gasteiger charge is -2.41. The fraction of sp³-hybridized carbons (Fsp3) is 0.609. The molecule has 0 aromatic heterocycles. The van der Waals surface area contributed by atoms with Crippen molar-refractivity contribution in [3.63, 3.8) is 0 Å². The van der Waals surface area contributed by atoms with Crippen molar-refractivity contribution in [2.45, 2.75) is 57.1 Å². The molecule has 3 fully saturated rings. The first-order valence-corrected chi connectivity index (χ1v) is 11.1. The molecule has 2 aliphatic heterocycles. The van der Waals surface area contributed by atoms with E-state index in [2.05, 4.69) is 25.9 Å². The lowest BCUT2D eigenvalue weighted by molar-refractivity contribution is -0.139. The van der Waals surface area contributed by atoms with Crippen LogP contribution in [0, 0.1) is 16.7 Å². The number of carbonyl (C=O) groups is 2. The number of piperidine rings is 1. The van der Waals surface area contributed by atoms with Gasteiger partial charge in [0.15, 0.2) is 0 Å². The number of rotatable bonds is 3. The van der Waals surface area contributed by atoms with E-state index in [0.717, 1.165) is 63.7 Å². The standard InChI is InChI=1S/C23H30N4O4/c1-31-22(30)25-17-3-8-20(16(13-17)14-24)26-11-2-9-23(15-26)10-12-27(21(23)29)18-4-6-19(28)7-5-18/h3,8,13,18-19,28H,2,4-7,9-12,15H2,1H3,(H,25,30)/t18?,19?,23-/m1/s1. The molecule has 166 valence electrons. The van der Waals surface area contributed by atoms with E-state index in [9.17, 15) is 20.0 Å². The van der Waals surface area contributed by atoms with Gasteiger partial charge in [-0.15, -0.1) is 0 Å². The van der Waals surface area contributed by atoms with Gasteiger partial charge in [-0.3, -0.25) is 10.1 Å². The number of nitriles is 1. The highest BCUT2D eigenvalue weighted by atomic mass is 16.5. The molecule has 1 aromatic rings. The van der Waals surface area contributed by atoms with Gasteiger partial charge in [0.2, 0.25) is 5.91 Å². The summed E-state index contributed by atoms with van der Waals surface area (Å²) < 4.78 is 4.62. The number of likely N-dealkylation sites (tertiary alicyclic amines) is 1. The van der Waals surface area contributed by atoms with E-state index in [1.54, 1.807) is 12.1 Å². The number of anilines is 2. The number of methoxy groups -OCH3 is 1. The van der Waals surface area contributed by atoms with E-state index in [0.29, 0.717) is 17.8 Å². The Balaban J connectivity index is 1.50. The van der Waals surface area contributed by atoms with Crippen molar-refractivity contribution < 1.29 is 19.4 Å². The number of aliphatic hydroxyl groups excluding tert-OH is 1. The van der Waals surface area contributed by atoms with E-state index < -0.39 is 11.5 Å². The van der Waals surface area contributed by atoms with Gasteiger partial charge in [-0.2, -0.15) is 5.26 Å². The second-order valence-electron chi connectivity index (χ2n) is 8.98. The number of hydrogen-bond acceptors (Lipinski definition) is 6.